The van der Waals surface area contributed by atoms with E-state index in [1.165, 1.54) is 0 Å². The van der Waals surface area contributed by atoms with Crippen LogP contribution in [0.3, 0.4) is 0 Å². The number of hydrogen-bond donors (Lipinski definition) is 4. The summed E-state index contributed by atoms with van der Waals surface area (Å²) in [6, 6.07) is 0. The molecule has 5 heteroatoms. The molecule has 4 N–H and O–H groups in total. The average Bonchev–Trinajstić information content (AvgIpc) is 2.49. The quantitative estimate of drug-likeness (QED) is 0.290. The molecule has 0 aliphatic heterocycles. The Morgan fingerprint density at radius 1 is 0.957 bits per heavy atom. The van der Waals surface area contributed by atoms with E-state index in [9.17, 15) is 20.1 Å². The van der Waals surface area contributed by atoms with E-state index in [-0.39, 0.29) is 12.8 Å². The Morgan fingerprint density at radius 2 is 1.65 bits per heavy atom. The maximum atomic E-state index is 10.4. The van der Waals surface area contributed by atoms with Crippen molar-refractivity contribution in [2.24, 2.45) is 0 Å². The minimum absolute atomic E-state index is 0.143. The Hall–Kier alpha value is -1.17. The zero-order valence-electron chi connectivity index (χ0n) is 14.1. The van der Waals surface area contributed by atoms with Crippen molar-refractivity contribution in [2.45, 2.75) is 83.0 Å². The van der Waals surface area contributed by atoms with Gasteiger partial charge in [0, 0.05) is 12.8 Å². The van der Waals surface area contributed by atoms with Gasteiger partial charge in [-0.1, -0.05) is 44.1 Å². The van der Waals surface area contributed by atoms with Crippen molar-refractivity contribution < 1.29 is 25.2 Å². The molecule has 0 fully saturated rings. The maximum absolute atomic E-state index is 10.4. The molecule has 0 aromatic rings. The van der Waals surface area contributed by atoms with Crippen LogP contribution in [0.4, 0.5) is 0 Å². The highest BCUT2D eigenvalue weighted by Gasteiger charge is 2.18. The van der Waals surface area contributed by atoms with E-state index in [4.69, 9.17) is 5.11 Å². The van der Waals surface area contributed by atoms with Crippen LogP contribution in [0.2, 0.25) is 0 Å². The summed E-state index contributed by atoms with van der Waals surface area (Å²) >= 11 is 0. The second kappa shape index (κ2) is 14.4. The van der Waals surface area contributed by atoms with Gasteiger partial charge in [-0.2, -0.15) is 0 Å². The highest BCUT2D eigenvalue weighted by Crippen LogP contribution is 2.13. The van der Waals surface area contributed by atoms with Gasteiger partial charge in [0.15, 0.2) is 0 Å². The number of aliphatic hydroxyl groups is 3. The summed E-state index contributed by atoms with van der Waals surface area (Å²) in [5.41, 5.74) is 0. The molecule has 3 atom stereocenters. The van der Waals surface area contributed by atoms with Gasteiger partial charge in [0.05, 0.1) is 18.3 Å². The lowest BCUT2D eigenvalue weighted by molar-refractivity contribution is -0.137. The third-order valence-electron chi connectivity index (χ3n) is 3.60. The SMILES string of the molecule is CC/C=C\C/C=C\CC(O)C(O)CC(O)CCCCCC(=O)O. The van der Waals surface area contributed by atoms with Gasteiger partial charge < -0.3 is 20.4 Å². The van der Waals surface area contributed by atoms with Crippen molar-refractivity contribution in [3.63, 3.8) is 0 Å². The number of carbonyl (C=O) groups is 1. The summed E-state index contributed by atoms with van der Waals surface area (Å²) in [6.45, 7) is 2.07. The van der Waals surface area contributed by atoms with Crippen LogP contribution in [-0.4, -0.2) is 44.7 Å². The molecule has 0 saturated carbocycles. The number of allylic oxidation sites excluding steroid dienone is 3. The Labute approximate surface area is 139 Å². The van der Waals surface area contributed by atoms with E-state index in [1.807, 2.05) is 18.2 Å². The van der Waals surface area contributed by atoms with Crippen molar-refractivity contribution in [3.8, 4) is 0 Å². The predicted molar refractivity (Wildman–Crippen MR) is 91.2 cm³/mol. The molecule has 134 valence electrons. The third-order valence-corrected chi connectivity index (χ3v) is 3.60. The van der Waals surface area contributed by atoms with Crippen molar-refractivity contribution in [2.75, 3.05) is 0 Å². The molecule has 5 nitrogen and oxygen atoms in total. The topological polar surface area (TPSA) is 98.0 Å². The highest BCUT2D eigenvalue weighted by molar-refractivity contribution is 5.66. The number of carboxylic acids is 1. The van der Waals surface area contributed by atoms with E-state index >= 15 is 0 Å². The molecule has 23 heavy (non-hydrogen) atoms. The van der Waals surface area contributed by atoms with Crippen molar-refractivity contribution in [3.05, 3.63) is 24.3 Å². The Bertz CT molecular complexity index is 351. The Kier molecular flexibility index (Phi) is 13.7. The molecule has 3 unspecified atom stereocenters. The molecule has 0 aromatic heterocycles. The molecule has 0 aromatic carbocycles. The molecule has 0 radical (unpaired) electrons. The van der Waals surface area contributed by atoms with E-state index in [2.05, 4.69) is 13.0 Å². The van der Waals surface area contributed by atoms with Gasteiger partial charge in [0.2, 0.25) is 0 Å². The van der Waals surface area contributed by atoms with Crippen LogP contribution in [0, 0.1) is 0 Å². The zero-order valence-corrected chi connectivity index (χ0v) is 14.1. The average molecular weight is 328 g/mol. The molecular weight excluding hydrogens is 296 g/mol. The zero-order chi connectivity index (χ0) is 17.5. The molecule has 0 aliphatic rings. The number of hydrogen-bond acceptors (Lipinski definition) is 4. The lowest BCUT2D eigenvalue weighted by Crippen LogP contribution is -2.29. The van der Waals surface area contributed by atoms with Gasteiger partial charge >= 0.3 is 5.97 Å². The number of unbranched alkanes of at least 4 members (excludes halogenated alkanes) is 2. The molecule has 0 aliphatic carbocycles. The van der Waals surface area contributed by atoms with E-state index < -0.39 is 24.3 Å². The fraction of sp³-hybridized carbons (Fsp3) is 0.722. The van der Waals surface area contributed by atoms with Crippen molar-refractivity contribution >= 4 is 5.97 Å². The van der Waals surface area contributed by atoms with Crippen LogP contribution in [-0.2, 0) is 4.79 Å². The molecule has 0 amide bonds. The van der Waals surface area contributed by atoms with Crippen LogP contribution in [0.1, 0.15) is 64.7 Å². The normalized spacial score (nSPS) is 16.0. The number of rotatable bonds is 14. The van der Waals surface area contributed by atoms with Crippen molar-refractivity contribution in [1.29, 1.82) is 0 Å². The van der Waals surface area contributed by atoms with Crippen LogP contribution in [0.5, 0.6) is 0 Å². The van der Waals surface area contributed by atoms with Gasteiger partial charge in [-0.15, -0.1) is 0 Å². The summed E-state index contributed by atoms with van der Waals surface area (Å²) in [5, 5.41) is 38.1. The van der Waals surface area contributed by atoms with E-state index in [0.29, 0.717) is 19.3 Å². The molecule has 0 saturated heterocycles. The second-order valence-corrected chi connectivity index (χ2v) is 5.84. The number of carboxylic acid groups (broad SMARTS) is 1. The fourth-order valence-corrected chi connectivity index (χ4v) is 2.22. The summed E-state index contributed by atoms with van der Waals surface area (Å²) in [6.07, 6.45) is 10.5. The third kappa shape index (κ3) is 14.2. The van der Waals surface area contributed by atoms with Gasteiger partial charge in [0.25, 0.3) is 0 Å². The first-order valence-corrected chi connectivity index (χ1v) is 8.53. The standard InChI is InChI=1S/C18H32O5/c1-2-3-4-5-6-9-12-16(20)17(21)14-15(19)11-8-7-10-13-18(22)23/h3-4,6,9,15-17,19-21H,2,5,7-8,10-14H2,1H3,(H,22,23)/b4-3-,9-6-. The first-order valence-electron chi connectivity index (χ1n) is 8.53. The summed E-state index contributed by atoms with van der Waals surface area (Å²) in [5.74, 6) is -0.803. The van der Waals surface area contributed by atoms with Gasteiger partial charge in [-0.25, -0.2) is 0 Å². The minimum atomic E-state index is -0.945. The second-order valence-electron chi connectivity index (χ2n) is 5.84. The summed E-state index contributed by atoms with van der Waals surface area (Å²) in [4.78, 5) is 10.4. The van der Waals surface area contributed by atoms with Gasteiger partial charge in [-0.05, 0) is 32.1 Å². The molecule has 0 bridgehead atoms. The fourth-order valence-electron chi connectivity index (χ4n) is 2.22. The van der Waals surface area contributed by atoms with Gasteiger partial charge in [0.1, 0.15) is 0 Å². The minimum Gasteiger partial charge on any atom is -0.481 e. The van der Waals surface area contributed by atoms with Crippen LogP contribution < -0.4 is 0 Å². The lowest BCUT2D eigenvalue weighted by Gasteiger charge is -2.19. The van der Waals surface area contributed by atoms with E-state index in [0.717, 1.165) is 25.7 Å². The van der Waals surface area contributed by atoms with Gasteiger partial charge in [-0.3, -0.25) is 4.79 Å². The van der Waals surface area contributed by atoms with Crippen LogP contribution in [0.25, 0.3) is 0 Å². The predicted octanol–water partition coefficient (Wildman–Crippen LogP) is 2.80. The monoisotopic (exact) mass is 328 g/mol. The largest absolute Gasteiger partial charge is 0.481 e. The van der Waals surface area contributed by atoms with Crippen LogP contribution in [0.15, 0.2) is 24.3 Å². The highest BCUT2D eigenvalue weighted by atomic mass is 16.4. The number of aliphatic carboxylic acids is 1. The summed E-state index contributed by atoms with van der Waals surface area (Å²) in [7, 11) is 0. The lowest BCUT2D eigenvalue weighted by atomic mass is 10.00. The smallest absolute Gasteiger partial charge is 0.303 e. The molecule has 0 heterocycles. The number of aliphatic hydroxyl groups excluding tert-OH is 3. The Morgan fingerprint density at radius 3 is 2.30 bits per heavy atom. The van der Waals surface area contributed by atoms with Crippen molar-refractivity contribution in [1.82, 2.24) is 0 Å². The summed E-state index contributed by atoms with van der Waals surface area (Å²) < 4.78 is 0. The van der Waals surface area contributed by atoms with Crippen LogP contribution >= 0.6 is 0 Å². The molecular formula is C18H32O5. The molecule has 0 spiro atoms. The molecule has 0 rings (SSSR count). The maximum Gasteiger partial charge on any atom is 0.303 e. The van der Waals surface area contributed by atoms with E-state index in [1.54, 1.807) is 0 Å². The Balaban J connectivity index is 3.77. The first kappa shape index (κ1) is 21.8. The first-order chi connectivity index (χ1) is 11.0.